The zero-order valence-corrected chi connectivity index (χ0v) is 12.5. The molecule has 2 N–H and O–H groups in total. The molecule has 2 nitrogen and oxygen atoms in total. The highest BCUT2D eigenvalue weighted by atomic mass is 79.9. The fraction of sp³-hybridized carbons (Fsp3) is 0.571. The van der Waals surface area contributed by atoms with Gasteiger partial charge in [0.15, 0.2) is 0 Å². The summed E-state index contributed by atoms with van der Waals surface area (Å²) >= 11 is 3.64. The SMILES string of the molecule is CCCCCN(C)c1ccc(CCN)cc1Br. The van der Waals surface area contributed by atoms with Gasteiger partial charge in [-0.15, -0.1) is 0 Å². The van der Waals surface area contributed by atoms with Crippen LogP contribution in [0.25, 0.3) is 0 Å². The molecule has 0 amide bonds. The van der Waals surface area contributed by atoms with Gasteiger partial charge in [-0.25, -0.2) is 0 Å². The molecule has 0 fully saturated rings. The summed E-state index contributed by atoms with van der Waals surface area (Å²) in [7, 11) is 2.15. The van der Waals surface area contributed by atoms with Crippen LogP contribution in [0.5, 0.6) is 0 Å². The van der Waals surface area contributed by atoms with Crippen LogP contribution in [0.4, 0.5) is 5.69 Å². The van der Waals surface area contributed by atoms with Gasteiger partial charge >= 0.3 is 0 Å². The number of halogens is 1. The third-order valence-electron chi connectivity index (χ3n) is 2.95. The number of hydrogen-bond acceptors (Lipinski definition) is 2. The molecular formula is C14H23BrN2. The Morgan fingerprint density at radius 3 is 2.65 bits per heavy atom. The zero-order chi connectivity index (χ0) is 12.7. The first-order valence-corrected chi connectivity index (χ1v) is 7.18. The molecule has 1 aromatic carbocycles. The van der Waals surface area contributed by atoms with Gasteiger partial charge in [0.25, 0.3) is 0 Å². The van der Waals surface area contributed by atoms with Crippen molar-refractivity contribution >= 4 is 21.6 Å². The van der Waals surface area contributed by atoms with Crippen LogP contribution in [0.2, 0.25) is 0 Å². The molecule has 0 heterocycles. The van der Waals surface area contributed by atoms with E-state index >= 15 is 0 Å². The van der Waals surface area contributed by atoms with Crippen LogP contribution < -0.4 is 10.6 Å². The molecule has 3 heteroatoms. The van der Waals surface area contributed by atoms with E-state index in [1.54, 1.807) is 0 Å². The summed E-state index contributed by atoms with van der Waals surface area (Å²) in [5.74, 6) is 0. The van der Waals surface area contributed by atoms with E-state index in [-0.39, 0.29) is 0 Å². The molecule has 0 radical (unpaired) electrons. The normalized spacial score (nSPS) is 10.6. The van der Waals surface area contributed by atoms with Gasteiger partial charge in [0.05, 0.1) is 5.69 Å². The Balaban J connectivity index is 2.63. The minimum Gasteiger partial charge on any atom is -0.374 e. The summed E-state index contributed by atoms with van der Waals surface area (Å²) in [6, 6.07) is 6.53. The van der Waals surface area contributed by atoms with Crippen molar-refractivity contribution in [3.8, 4) is 0 Å². The number of unbranched alkanes of at least 4 members (excludes halogenated alkanes) is 2. The number of rotatable bonds is 7. The lowest BCUT2D eigenvalue weighted by Crippen LogP contribution is -2.19. The lowest BCUT2D eigenvalue weighted by molar-refractivity contribution is 0.704. The van der Waals surface area contributed by atoms with Crippen LogP contribution in [0.15, 0.2) is 22.7 Å². The topological polar surface area (TPSA) is 29.3 Å². The lowest BCUT2D eigenvalue weighted by atomic mass is 10.1. The van der Waals surface area contributed by atoms with Crippen LogP contribution in [0, 0.1) is 0 Å². The smallest absolute Gasteiger partial charge is 0.0508 e. The number of benzene rings is 1. The number of anilines is 1. The second kappa shape index (κ2) is 7.72. The van der Waals surface area contributed by atoms with Gasteiger partial charge in [0.1, 0.15) is 0 Å². The van der Waals surface area contributed by atoms with Crippen LogP contribution in [-0.2, 0) is 6.42 Å². The van der Waals surface area contributed by atoms with Crippen molar-refractivity contribution in [3.63, 3.8) is 0 Å². The van der Waals surface area contributed by atoms with E-state index in [4.69, 9.17) is 5.73 Å². The third-order valence-corrected chi connectivity index (χ3v) is 3.59. The second-order valence-electron chi connectivity index (χ2n) is 4.45. The Morgan fingerprint density at radius 1 is 1.29 bits per heavy atom. The number of nitrogens with zero attached hydrogens (tertiary/aromatic N) is 1. The molecule has 0 spiro atoms. The number of nitrogens with two attached hydrogens (primary N) is 1. The van der Waals surface area contributed by atoms with Crippen molar-refractivity contribution in [2.75, 3.05) is 25.0 Å². The van der Waals surface area contributed by atoms with Crippen LogP contribution in [0.3, 0.4) is 0 Å². The first kappa shape index (κ1) is 14.5. The van der Waals surface area contributed by atoms with Crippen molar-refractivity contribution < 1.29 is 0 Å². The van der Waals surface area contributed by atoms with E-state index in [2.05, 4.69) is 53.0 Å². The van der Waals surface area contributed by atoms with Crippen molar-refractivity contribution in [1.82, 2.24) is 0 Å². The number of hydrogen-bond donors (Lipinski definition) is 1. The Hall–Kier alpha value is -0.540. The van der Waals surface area contributed by atoms with Crippen molar-refractivity contribution in [1.29, 1.82) is 0 Å². The maximum Gasteiger partial charge on any atom is 0.0508 e. The fourth-order valence-corrected chi connectivity index (χ4v) is 2.63. The van der Waals surface area contributed by atoms with E-state index in [1.165, 1.54) is 35.0 Å². The van der Waals surface area contributed by atoms with Gasteiger partial charge in [-0.05, 0) is 53.0 Å². The highest BCUT2D eigenvalue weighted by Crippen LogP contribution is 2.27. The van der Waals surface area contributed by atoms with Gasteiger partial charge in [0, 0.05) is 18.1 Å². The fourth-order valence-electron chi connectivity index (χ4n) is 1.90. The van der Waals surface area contributed by atoms with E-state index in [9.17, 15) is 0 Å². The predicted octanol–water partition coefficient (Wildman–Crippen LogP) is 3.58. The van der Waals surface area contributed by atoms with Crippen molar-refractivity contribution in [2.45, 2.75) is 32.6 Å². The molecule has 0 aliphatic rings. The summed E-state index contributed by atoms with van der Waals surface area (Å²) in [5.41, 5.74) is 8.13. The second-order valence-corrected chi connectivity index (χ2v) is 5.31. The Kier molecular flexibility index (Phi) is 6.60. The maximum absolute atomic E-state index is 5.56. The van der Waals surface area contributed by atoms with E-state index < -0.39 is 0 Å². The summed E-state index contributed by atoms with van der Waals surface area (Å²) in [6.45, 7) is 4.05. The van der Waals surface area contributed by atoms with Gasteiger partial charge in [-0.2, -0.15) is 0 Å². The quantitative estimate of drug-likeness (QED) is 0.780. The van der Waals surface area contributed by atoms with E-state index in [1.807, 2.05) is 0 Å². The van der Waals surface area contributed by atoms with Crippen LogP contribution >= 0.6 is 15.9 Å². The van der Waals surface area contributed by atoms with E-state index in [0.717, 1.165) is 13.0 Å². The molecule has 0 saturated heterocycles. The van der Waals surface area contributed by atoms with Crippen molar-refractivity contribution in [3.05, 3.63) is 28.2 Å². The van der Waals surface area contributed by atoms with Gasteiger partial charge in [-0.3, -0.25) is 0 Å². The average Bonchev–Trinajstić information content (AvgIpc) is 2.29. The minimum absolute atomic E-state index is 0.706. The molecular weight excluding hydrogens is 276 g/mol. The molecule has 0 aliphatic heterocycles. The first-order chi connectivity index (χ1) is 8.19. The molecule has 0 atom stereocenters. The summed E-state index contributed by atoms with van der Waals surface area (Å²) < 4.78 is 1.17. The highest BCUT2D eigenvalue weighted by molar-refractivity contribution is 9.10. The summed E-state index contributed by atoms with van der Waals surface area (Å²) in [4.78, 5) is 2.31. The Labute approximate surface area is 113 Å². The zero-order valence-electron chi connectivity index (χ0n) is 10.9. The third kappa shape index (κ3) is 4.68. The summed E-state index contributed by atoms with van der Waals surface area (Å²) in [6.07, 6.45) is 4.76. The van der Waals surface area contributed by atoms with Gasteiger partial charge < -0.3 is 10.6 Å². The van der Waals surface area contributed by atoms with Gasteiger partial charge in [-0.1, -0.05) is 25.8 Å². The Morgan fingerprint density at radius 2 is 2.06 bits per heavy atom. The first-order valence-electron chi connectivity index (χ1n) is 6.38. The molecule has 0 unspecified atom stereocenters. The monoisotopic (exact) mass is 298 g/mol. The molecule has 0 saturated carbocycles. The molecule has 0 aliphatic carbocycles. The van der Waals surface area contributed by atoms with Crippen LogP contribution in [0.1, 0.15) is 31.7 Å². The molecule has 1 aromatic rings. The highest BCUT2D eigenvalue weighted by Gasteiger charge is 2.06. The molecule has 17 heavy (non-hydrogen) atoms. The predicted molar refractivity (Wildman–Crippen MR) is 79.7 cm³/mol. The van der Waals surface area contributed by atoms with Crippen LogP contribution in [-0.4, -0.2) is 20.1 Å². The lowest BCUT2D eigenvalue weighted by Gasteiger charge is -2.21. The van der Waals surface area contributed by atoms with Crippen molar-refractivity contribution in [2.24, 2.45) is 5.73 Å². The van der Waals surface area contributed by atoms with Gasteiger partial charge in [0.2, 0.25) is 0 Å². The molecule has 0 aromatic heterocycles. The Bertz CT molecular complexity index is 339. The molecule has 0 bridgehead atoms. The summed E-state index contributed by atoms with van der Waals surface area (Å²) in [5, 5.41) is 0. The molecule has 96 valence electrons. The molecule has 1 rings (SSSR count). The maximum atomic E-state index is 5.56. The average molecular weight is 299 g/mol. The standard InChI is InChI=1S/C14H23BrN2/c1-3-4-5-10-17(2)14-7-6-12(8-9-16)11-13(14)15/h6-7,11H,3-5,8-10,16H2,1-2H3. The largest absolute Gasteiger partial charge is 0.374 e. The van der Waals surface area contributed by atoms with E-state index in [0.29, 0.717) is 6.54 Å². The minimum atomic E-state index is 0.706.